The lowest BCUT2D eigenvalue weighted by molar-refractivity contribution is 0.446. The van der Waals surface area contributed by atoms with Gasteiger partial charge in [-0.05, 0) is 28.1 Å². The molecule has 104 valence electrons. The monoisotopic (exact) mass is 343 g/mol. The van der Waals surface area contributed by atoms with E-state index in [1.807, 2.05) is 31.2 Å². The normalized spacial score (nSPS) is 10.5. The molecule has 0 amide bonds. The average Bonchev–Trinajstić information content (AvgIpc) is 2.85. The number of nitrogens with zero attached hydrogens (tertiary/aromatic N) is 3. The fourth-order valence-electron chi connectivity index (χ4n) is 1.95. The number of furan rings is 1. The van der Waals surface area contributed by atoms with Gasteiger partial charge in [-0.1, -0.05) is 19.1 Å². The first kappa shape index (κ1) is 13.6. The van der Waals surface area contributed by atoms with Crippen LogP contribution in [0, 0.1) is 11.3 Å². The third kappa shape index (κ3) is 2.60. The zero-order chi connectivity index (χ0) is 14.8. The number of rotatable bonds is 3. The molecule has 0 saturated heterocycles. The van der Waals surface area contributed by atoms with Gasteiger partial charge in [-0.25, -0.2) is 4.98 Å². The molecule has 21 heavy (non-hydrogen) atoms. The first-order valence-corrected chi connectivity index (χ1v) is 7.13. The van der Waals surface area contributed by atoms with E-state index in [2.05, 4.69) is 25.9 Å². The van der Waals surface area contributed by atoms with E-state index in [1.54, 1.807) is 12.1 Å². The fraction of sp³-hybridized carbons (Fsp3) is 0.133. The summed E-state index contributed by atoms with van der Waals surface area (Å²) in [7, 11) is 0. The topological polar surface area (TPSA) is 71.9 Å². The van der Waals surface area contributed by atoms with Crippen LogP contribution in [0.3, 0.4) is 0 Å². The van der Waals surface area contributed by atoms with Gasteiger partial charge in [-0.3, -0.25) is 0 Å². The lowest BCUT2D eigenvalue weighted by Gasteiger charge is -2.05. The molecule has 5 nitrogen and oxygen atoms in total. The summed E-state index contributed by atoms with van der Waals surface area (Å²) in [5.74, 6) is 1.53. The van der Waals surface area contributed by atoms with Crippen molar-refractivity contribution in [3.63, 3.8) is 0 Å². The van der Waals surface area contributed by atoms with Crippen LogP contribution in [0.2, 0.25) is 0 Å². The minimum Gasteiger partial charge on any atom is -0.442 e. The molecule has 2 aromatic heterocycles. The van der Waals surface area contributed by atoms with Gasteiger partial charge in [-0.2, -0.15) is 10.2 Å². The molecule has 2 heterocycles. The fourth-order valence-corrected chi connectivity index (χ4v) is 2.35. The molecule has 3 aromatic rings. The molecule has 0 saturated carbocycles. The Morgan fingerprint density at radius 2 is 2.14 bits per heavy atom. The van der Waals surface area contributed by atoms with Crippen molar-refractivity contribution in [2.75, 3.05) is 0 Å². The van der Waals surface area contributed by atoms with E-state index in [9.17, 15) is 5.26 Å². The van der Waals surface area contributed by atoms with E-state index in [4.69, 9.17) is 9.15 Å². The number of halogens is 1. The van der Waals surface area contributed by atoms with Crippen LogP contribution in [0.1, 0.15) is 18.5 Å². The van der Waals surface area contributed by atoms with Crippen molar-refractivity contribution in [3.8, 4) is 17.7 Å². The van der Waals surface area contributed by atoms with E-state index < -0.39 is 0 Å². The smallest absolute Gasteiger partial charge is 0.247 e. The van der Waals surface area contributed by atoms with Crippen molar-refractivity contribution >= 4 is 26.9 Å². The van der Waals surface area contributed by atoms with Gasteiger partial charge in [0.25, 0.3) is 0 Å². The number of hydrogen-bond acceptors (Lipinski definition) is 5. The number of nitriles is 1. The van der Waals surface area contributed by atoms with Gasteiger partial charge in [-0.15, -0.1) is 0 Å². The van der Waals surface area contributed by atoms with Crippen LogP contribution < -0.4 is 4.74 Å². The van der Waals surface area contributed by atoms with Crippen molar-refractivity contribution < 1.29 is 9.15 Å². The van der Waals surface area contributed by atoms with Crippen molar-refractivity contribution in [1.29, 1.82) is 5.26 Å². The number of para-hydroxylation sites is 1. The summed E-state index contributed by atoms with van der Waals surface area (Å²) in [6.07, 6.45) is 0.688. The van der Waals surface area contributed by atoms with Gasteiger partial charge in [0.2, 0.25) is 11.6 Å². The molecule has 0 radical (unpaired) electrons. The first-order chi connectivity index (χ1) is 10.2. The molecule has 0 fully saturated rings. The Morgan fingerprint density at radius 1 is 1.33 bits per heavy atom. The van der Waals surface area contributed by atoms with E-state index in [0.29, 0.717) is 34.1 Å². The van der Waals surface area contributed by atoms with Gasteiger partial charge in [0.1, 0.15) is 22.1 Å². The van der Waals surface area contributed by atoms with Crippen molar-refractivity contribution in [2.24, 2.45) is 0 Å². The summed E-state index contributed by atoms with van der Waals surface area (Å²) in [5, 5.41) is 9.92. The van der Waals surface area contributed by atoms with Crippen molar-refractivity contribution in [1.82, 2.24) is 9.97 Å². The quantitative estimate of drug-likeness (QED) is 0.666. The van der Waals surface area contributed by atoms with Crippen LogP contribution in [-0.2, 0) is 6.42 Å². The second kappa shape index (κ2) is 5.54. The largest absolute Gasteiger partial charge is 0.442 e. The summed E-state index contributed by atoms with van der Waals surface area (Å²) < 4.78 is 11.9. The van der Waals surface area contributed by atoms with Gasteiger partial charge < -0.3 is 9.15 Å². The highest BCUT2D eigenvalue weighted by atomic mass is 79.9. The summed E-state index contributed by atoms with van der Waals surface area (Å²) >= 11 is 3.32. The number of aromatic nitrogens is 2. The van der Waals surface area contributed by atoms with Crippen LogP contribution in [0.4, 0.5) is 0 Å². The Hall–Kier alpha value is -2.39. The van der Waals surface area contributed by atoms with Crippen LogP contribution in [0.25, 0.3) is 11.0 Å². The van der Waals surface area contributed by atoms with Gasteiger partial charge in [0.15, 0.2) is 5.75 Å². The maximum atomic E-state index is 9.19. The number of fused-ring (bicyclic) bond motifs is 1. The van der Waals surface area contributed by atoms with Crippen molar-refractivity contribution in [3.05, 3.63) is 46.5 Å². The molecule has 0 aliphatic carbocycles. The highest BCUT2D eigenvalue weighted by molar-refractivity contribution is 9.10. The van der Waals surface area contributed by atoms with E-state index in [-0.39, 0.29) is 5.76 Å². The molecule has 3 rings (SSSR count). The minimum absolute atomic E-state index is 0.129. The zero-order valence-corrected chi connectivity index (χ0v) is 12.7. The standard InChI is InChI=1S/C15H10BrN3O2/c1-2-13-18-12(16)7-14(19-13)21-15-9-5-3-4-6-10(9)20-11(15)8-17/h3-7H,2H2,1H3. The molecule has 0 atom stereocenters. The molecule has 0 aliphatic heterocycles. The lowest BCUT2D eigenvalue weighted by atomic mass is 10.2. The number of hydrogen-bond donors (Lipinski definition) is 0. The Bertz CT molecular complexity index is 852. The molecule has 0 bridgehead atoms. The predicted molar refractivity (Wildman–Crippen MR) is 80.1 cm³/mol. The van der Waals surface area contributed by atoms with E-state index in [1.165, 1.54) is 0 Å². The Morgan fingerprint density at radius 3 is 2.90 bits per heavy atom. The third-order valence-corrected chi connectivity index (χ3v) is 3.30. The van der Waals surface area contributed by atoms with E-state index in [0.717, 1.165) is 5.39 Å². The highest BCUT2D eigenvalue weighted by Gasteiger charge is 2.17. The second-order valence-corrected chi connectivity index (χ2v) is 5.08. The molecule has 0 aliphatic rings. The van der Waals surface area contributed by atoms with Gasteiger partial charge in [0.05, 0.1) is 5.39 Å². The van der Waals surface area contributed by atoms with Crippen molar-refractivity contribution in [2.45, 2.75) is 13.3 Å². The average molecular weight is 344 g/mol. The number of aryl methyl sites for hydroxylation is 1. The summed E-state index contributed by atoms with van der Waals surface area (Å²) in [5.41, 5.74) is 0.605. The van der Waals surface area contributed by atoms with Crippen LogP contribution in [-0.4, -0.2) is 9.97 Å². The Labute approximate surface area is 129 Å². The van der Waals surface area contributed by atoms with Crippen LogP contribution in [0.5, 0.6) is 11.6 Å². The summed E-state index contributed by atoms with van der Waals surface area (Å²) in [6.45, 7) is 1.96. The third-order valence-electron chi connectivity index (χ3n) is 2.89. The molecule has 1 aromatic carbocycles. The summed E-state index contributed by atoms with van der Waals surface area (Å²) in [4.78, 5) is 8.52. The molecular formula is C15H10BrN3O2. The second-order valence-electron chi connectivity index (χ2n) is 4.27. The molecular weight excluding hydrogens is 334 g/mol. The zero-order valence-electron chi connectivity index (χ0n) is 11.1. The van der Waals surface area contributed by atoms with Crippen LogP contribution >= 0.6 is 15.9 Å². The minimum atomic E-state index is 0.129. The van der Waals surface area contributed by atoms with E-state index >= 15 is 0 Å². The number of ether oxygens (including phenoxy) is 1. The molecule has 0 spiro atoms. The Kier molecular flexibility index (Phi) is 3.59. The number of benzene rings is 1. The molecule has 0 unspecified atom stereocenters. The lowest BCUT2D eigenvalue weighted by Crippen LogP contribution is -1.97. The molecule has 0 N–H and O–H groups in total. The van der Waals surface area contributed by atoms with Crippen LogP contribution in [0.15, 0.2) is 39.4 Å². The SMILES string of the molecule is CCc1nc(Br)cc(Oc2c(C#N)oc3ccccc23)n1. The maximum absolute atomic E-state index is 9.19. The highest BCUT2D eigenvalue weighted by Crippen LogP contribution is 2.35. The maximum Gasteiger partial charge on any atom is 0.247 e. The molecule has 6 heteroatoms. The van der Waals surface area contributed by atoms with Gasteiger partial charge >= 0.3 is 0 Å². The first-order valence-electron chi connectivity index (χ1n) is 6.34. The predicted octanol–water partition coefficient (Wildman–Crippen LogP) is 4.21. The van der Waals surface area contributed by atoms with Gasteiger partial charge in [0, 0.05) is 12.5 Å². The Balaban J connectivity index is 2.09. The summed E-state index contributed by atoms with van der Waals surface area (Å²) in [6, 6.07) is 11.0.